The highest BCUT2D eigenvalue weighted by molar-refractivity contribution is 6.21. The Morgan fingerprint density at radius 1 is 1.47 bits per heavy atom. The van der Waals surface area contributed by atoms with Gasteiger partial charge in [-0.1, -0.05) is 19.9 Å². The van der Waals surface area contributed by atoms with E-state index in [0.717, 1.165) is 17.7 Å². The number of aromatic nitrogens is 2. The third-order valence-corrected chi connectivity index (χ3v) is 2.90. The van der Waals surface area contributed by atoms with Gasteiger partial charge < -0.3 is 0 Å². The number of hydrogen-bond donors (Lipinski definition) is 0. The van der Waals surface area contributed by atoms with Crippen LogP contribution in [0.2, 0.25) is 0 Å². The lowest BCUT2D eigenvalue weighted by atomic mass is 9.77. The van der Waals surface area contributed by atoms with Crippen LogP contribution in [0, 0.1) is 5.41 Å². The summed E-state index contributed by atoms with van der Waals surface area (Å²) in [5.74, 6) is 0.231. The topological polar surface area (TPSA) is 34.9 Å². The molecule has 3 nitrogen and oxygen atoms in total. The van der Waals surface area contributed by atoms with E-state index < -0.39 is 0 Å². The van der Waals surface area contributed by atoms with Crippen molar-refractivity contribution in [1.29, 1.82) is 0 Å². The first-order chi connectivity index (χ1) is 6.99. The number of allylic oxidation sites excluding steroid dienone is 2. The van der Waals surface area contributed by atoms with Gasteiger partial charge in [-0.2, -0.15) is 5.10 Å². The number of carbonyl (C=O) groups excluding carboxylic acids is 1. The van der Waals surface area contributed by atoms with Gasteiger partial charge in [0.25, 0.3) is 0 Å². The zero-order valence-corrected chi connectivity index (χ0v) is 9.45. The maximum Gasteiger partial charge on any atom is 0.165 e. The van der Waals surface area contributed by atoms with Gasteiger partial charge in [-0.05, 0) is 17.9 Å². The molecule has 1 aromatic rings. The van der Waals surface area contributed by atoms with Crippen molar-refractivity contribution in [3.05, 3.63) is 24.0 Å². The second kappa shape index (κ2) is 3.33. The fourth-order valence-electron chi connectivity index (χ4n) is 1.98. The Balaban J connectivity index is 2.36. The Labute approximate surface area is 89.8 Å². The number of aryl methyl sites for hydroxylation is 1. The predicted molar refractivity (Wildman–Crippen MR) is 59.2 cm³/mol. The minimum Gasteiger partial charge on any atom is -0.294 e. The third kappa shape index (κ3) is 1.87. The molecule has 0 aromatic carbocycles. The molecule has 15 heavy (non-hydrogen) atoms. The van der Waals surface area contributed by atoms with Crippen molar-refractivity contribution in [3.63, 3.8) is 0 Å². The second-order valence-electron chi connectivity index (χ2n) is 4.93. The highest BCUT2D eigenvalue weighted by atomic mass is 16.1. The fourth-order valence-corrected chi connectivity index (χ4v) is 1.98. The van der Waals surface area contributed by atoms with Gasteiger partial charge in [0.15, 0.2) is 5.78 Å². The predicted octanol–water partition coefficient (Wildman–Crippen LogP) is 2.19. The molecule has 0 saturated heterocycles. The van der Waals surface area contributed by atoms with Crippen LogP contribution in [0.15, 0.2) is 18.3 Å². The van der Waals surface area contributed by atoms with Gasteiger partial charge in [0.1, 0.15) is 0 Å². The molecule has 0 N–H and O–H groups in total. The molecule has 0 fully saturated rings. The Hall–Kier alpha value is -1.38. The lowest BCUT2D eigenvalue weighted by Crippen LogP contribution is -2.22. The van der Waals surface area contributed by atoms with E-state index in [0.29, 0.717) is 6.42 Å². The molecular formula is C12H16N2O. The van der Waals surface area contributed by atoms with Crippen LogP contribution in [0.4, 0.5) is 0 Å². The van der Waals surface area contributed by atoms with Crippen LogP contribution in [-0.4, -0.2) is 15.6 Å². The largest absolute Gasteiger partial charge is 0.294 e. The van der Waals surface area contributed by atoms with Crippen molar-refractivity contribution >= 4 is 11.4 Å². The van der Waals surface area contributed by atoms with Crippen molar-refractivity contribution in [2.45, 2.75) is 26.7 Å². The molecule has 0 amide bonds. The maximum absolute atomic E-state index is 12.0. The Bertz CT molecular complexity index is 427. The first-order valence-electron chi connectivity index (χ1n) is 5.21. The van der Waals surface area contributed by atoms with Crippen molar-refractivity contribution in [1.82, 2.24) is 9.78 Å². The molecule has 0 aliphatic heterocycles. The lowest BCUT2D eigenvalue weighted by molar-refractivity contribution is -0.115. The zero-order valence-electron chi connectivity index (χ0n) is 9.45. The lowest BCUT2D eigenvalue weighted by Gasteiger charge is -2.27. The van der Waals surface area contributed by atoms with Gasteiger partial charge >= 0.3 is 0 Å². The summed E-state index contributed by atoms with van der Waals surface area (Å²) in [4.78, 5) is 12.0. The SMILES string of the molecule is Cn1nccc1C1=CCC(C)(C)CC1=O. The summed E-state index contributed by atoms with van der Waals surface area (Å²) >= 11 is 0. The van der Waals surface area contributed by atoms with Gasteiger partial charge in [-0.15, -0.1) is 0 Å². The first kappa shape index (κ1) is 10.1. The van der Waals surface area contributed by atoms with Gasteiger partial charge in [0.05, 0.1) is 5.69 Å². The number of ketones is 1. The summed E-state index contributed by atoms with van der Waals surface area (Å²) in [6, 6.07) is 1.89. The molecule has 0 radical (unpaired) electrons. The van der Waals surface area contributed by atoms with Gasteiger partial charge in [-0.3, -0.25) is 9.48 Å². The summed E-state index contributed by atoms with van der Waals surface area (Å²) in [5, 5.41) is 4.09. The molecule has 80 valence electrons. The van der Waals surface area contributed by atoms with Crippen molar-refractivity contribution in [2.24, 2.45) is 12.5 Å². The zero-order chi connectivity index (χ0) is 11.1. The van der Waals surface area contributed by atoms with E-state index in [2.05, 4.69) is 18.9 Å². The molecule has 1 aliphatic carbocycles. The van der Waals surface area contributed by atoms with Crippen LogP contribution in [0.1, 0.15) is 32.4 Å². The molecule has 3 heteroatoms. The van der Waals surface area contributed by atoms with Crippen LogP contribution in [0.3, 0.4) is 0 Å². The van der Waals surface area contributed by atoms with E-state index in [-0.39, 0.29) is 11.2 Å². The van der Waals surface area contributed by atoms with Crippen LogP contribution in [0.5, 0.6) is 0 Å². The maximum atomic E-state index is 12.0. The van der Waals surface area contributed by atoms with E-state index in [4.69, 9.17) is 0 Å². The Morgan fingerprint density at radius 3 is 2.73 bits per heavy atom. The number of rotatable bonds is 1. The first-order valence-corrected chi connectivity index (χ1v) is 5.21. The van der Waals surface area contributed by atoms with Gasteiger partial charge in [-0.25, -0.2) is 0 Å². The third-order valence-electron chi connectivity index (χ3n) is 2.90. The number of hydrogen-bond acceptors (Lipinski definition) is 2. The monoisotopic (exact) mass is 204 g/mol. The molecule has 0 unspecified atom stereocenters. The fraction of sp³-hybridized carbons (Fsp3) is 0.500. The summed E-state index contributed by atoms with van der Waals surface area (Å²) in [6.07, 6.45) is 5.36. The summed E-state index contributed by atoms with van der Waals surface area (Å²) in [6.45, 7) is 4.25. The van der Waals surface area contributed by atoms with Crippen molar-refractivity contribution < 1.29 is 4.79 Å². The molecule has 1 aliphatic rings. The van der Waals surface area contributed by atoms with Crippen molar-refractivity contribution in [2.75, 3.05) is 0 Å². The minimum atomic E-state index is 0.110. The Kier molecular flexibility index (Phi) is 2.25. The quantitative estimate of drug-likeness (QED) is 0.702. The van der Waals surface area contributed by atoms with E-state index >= 15 is 0 Å². The number of carbonyl (C=O) groups is 1. The van der Waals surface area contributed by atoms with E-state index in [1.54, 1.807) is 10.9 Å². The van der Waals surface area contributed by atoms with Crippen LogP contribution >= 0.6 is 0 Å². The molecule has 0 bridgehead atoms. The highest BCUT2D eigenvalue weighted by Crippen LogP contribution is 2.35. The van der Waals surface area contributed by atoms with Crippen LogP contribution in [0.25, 0.3) is 5.57 Å². The average molecular weight is 204 g/mol. The average Bonchev–Trinajstić information content (AvgIpc) is 2.50. The second-order valence-corrected chi connectivity index (χ2v) is 4.93. The standard InChI is InChI=1S/C12H16N2O/c1-12(2)6-4-9(11(15)8-12)10-5-7-13-14(10)3/h4-5,7H,6,8H2,1-3H3. The van der Waals surface area contributed by atoms with Crippen LogP contribution < -0.4 is 0 Å². The number of Topliss-reactive ketones (excluding diaryl/α,β-unsaturated/α-hetero) is 1. The normalized spacial score (nSPS) is 20.2. The molecule has 1 aromatic heterocycles. The molecule has 0 saturated carbocycles. The summed E-state index contributed by atoms with van der Waals surface area (Å²) in [5.41, 5.74) is 1.86. The smallest absolute Gasteiger partial charge is 0.165 e. The van der Waals surface area contributed by atoms with Crippen molar-refractivity contribution in [3.8, 4) is 0 Å². The Morgan fingerprint density at radius 2 is 2.20 bits per heavy atom. The van der Waals surface area contributed by atoms with Gasteiger partial charge in [0, 0.05) is 25.2 Å². The molecule has 1 heterocycles. The molecule has 0 atom stereocenters. The van der Waals surface area contributed by atoms with E-state index in [9.17, 15) is 4.79 Å². The summed E-state index contributed by atoms with van der Waals surface area (Å²) < 4.78 is 1.75. The van der Waals surface area contributed by atoms with Crippen LogP contribution in [-0.2, 0) is 11.8 Å². The van der Waals surface area contributed by atoms with E-state index in [1.807, 2.05) is 19.2 Å². The highest BCUT2D eigenvalue weighted by Gasteiger charge is 2.29. The minimum absolute atomic E-state index is 0.110. The summed E-state index contributed by atoms with van der Waals surface area (Å²) in [7, 11) is 1.86. The number of nitrogens with zero attached hydrogens (tertiary/aromatic N) is 2. The molecular weight excluding hydrogens is 188 g/mol. The van der Waals surface area contributed by atoms with E-state index in [1.165, 1.54) is 0 Å². The van der Waals surface area contributed by atoms with Gasteiger partial charge in [0.2, 0.25) is 0 Å². The molecule has 0 spiro atoms. The molecule has 2 rings (SSSR count).